The Balaban J connectivity index is 1.38. The Labute approximate surface area is 136 Å². The molecule has 2 aromatic rings. The SMILES string of the molecule is CCn1nccc1CN1CCC(c2nnc3n2CCNC3)CC1. The third-order valence-corrected chi connectivity index (χ3v) is 5.09. The molecule has 7 heteroatoms. The van der Waals surface area contributed by atoms with E-state index in [0.717, 1.165) is 51.6 Å². The first kappa shape index (κ1) is 14.8. The first-order chi connectivity index (χ1) is 11.3. The van der Waals surface area contributed by atoms with Gasteiger partial charge in [0.15, 0.2) is 0 Å². The van der Waals surface area contributed by atoms with Crippen LogP contribution in [0.5, 0.6) is 0 Å². The van der Waals surface area contributed by atoms with Crippen molar-refractivity contribution in [3.05, 3.63) is 29.6 Å². The van der Waals surface area contributed by atoms with Crippen LogP contribution in [0, 0.1) is 0 Å². The van der Waals surface area contributed by atoms with Crippen molar-refractivity contribution in [1.82, 2.24) is 34.8 Å². The lowest BCUT2D eigenvalue weighted by atomic mass is 9.95. The van der Waals surface area contributed by atoms with Crippen LogP contribution in [0.1, 0.15) is 43.0 Å². The molecule has 0 amide bonds. The Hall–Kier alpha value is -1.73. The molecule has 7 nitrogen and oxygen atoms in total. The molecule has 0 bridgehead atoms. The van der Waals surface area contributed by atoms with E-state index in [1.165, 1.54) is 24.4 Å². The summed E-state index contributed by atoms with van der Waals surface area (Å²) in [6.07, 6.45) is 4.25. The third-order valence-electron chi connectivity index (χ3n) is 5.09. The van der Waals surface area contributed by atoms with Gasteiger partial charge in [-0.25, -0.2) is 0 Å². The molecule has 0 aromatic carbocycles. The van der Waals surface area contributed by atoms with Crippen LogP contribution in [-0.2, 0) is 26.2 Å². The fourth-order valence-electron chi connectivity index (χ4n) is 3.77. The van der Waals surface area contributed by atoms with E-state index < -0.39 is 0 Å². The molecule has 1 fully saturated rings. The zero-order valence-electron chi connectivity index (χ0n) is 13.8. The summed E-state index contributed by atoms with van der Waals surface area (Å²) >= 11 is 0. The molecule has 4 rings (SSSR count). The highest BCUT2D eigenvalue weighted by Gasteiger charge is 2.27. The summed E-state index contributed by atoms with van der Waals surface area (Å²) in [6.45, 7) is 9.23. The summed E-state index contributed by atoms with van der Waals surface area (Å²) in [7, 11) is 0. The summed E-state index contributed by atoms with van der Waals surface area (Å²) in [5, 5.41) is 16.6. The van der Waals surface area contributed by atoms with Crippen LogP contribution >= 0.6 is 0 Å². The number of fused-ring (bicyclic) bond motifs is 1. The Morgan fingerprint density at radius 3 is 2.91 bits per heavy atom. The standard InChI is InChI=1S/C16H25N7/c1-2-23-14(3-6-18-23)12-21-8-4-13(5-9-21)16-20-19-15-11-17-7-10-22(15)16/h3,6,13,17H,2,4-5,7-12H2,1H3. The zero-order valence-corrected chi connectivity index (χ0v) is 13.8. The lowest BCUT2D eigenvalue weighted by Crippen LogP contribution is -2.35. The normalized spacial score (nSPS) is 19.9. The molecule has 0 aliphatic carbocycles. The van der Waals surface area contributed by atoms with E-state index in [1.807, 2.05) is 6.20 Å². The molecule has 2 aromatic heterocycles. The second kappa shape index (κ2) is 6.41. The Bertz CT molecular complexity index is 651. The molecule has 2 aliphatic heterocycles. The van der Waals surface area contributed by atoms with Crippen LogP contribution < -0.4 is 5.32 Å². The number of rotatable bonds is 4. The van der Waals surface area contributed by atoms with Crippen LogP contribution in [0.25, 0.3) is 0 Å². The van der Waals surface area contributed by atoms with Crippen molar-refractivity contribution in [3.8, 4) is 0 Å². The molecule has 0 unspecified atom stereocenters. The predicted octanol–water partition coefficient (Wildman–Crippen LogP) is 0.977. The zero-order chi connectivity index (χ0) is 15.6. The molecule has 0 saturated carbocycles. The second-order valence-corrected chi connectivity index (χ2v) is 6.49. The van der Waals surface area contributed by atoms with E-state index in [0.29, 0.717) is 5.92 Å². The van der Waals surface area contributed by atoms with E-state index in [-0.39, 0.29) is 0 Å². The van der Waals surface area contributed by atoms with Gasteiger partial charge in [-0.3, -0.25) is 9.58 Å². The van der Waals surface area contributed by atoms with Gasteiger partial charge in [0.05, 0.1) is 12.2 Å². The van der Waals surface area contributed by atoms with Gasteiger partial charge in [-0.1, -0.05) is 0 Å². The third kappa shape index (κ3) is 2.90. The largest absolute Gasteiger partial charge is 0.312 e. The summed E-state index contributed by atoms with van der Waals surface area (Å²) < 4.78 is 4.43. The topological polar surface area (TPSA) is 63.8 Å². The maximum absolute atomic E-state index is 4.49. The van der Waals surface area contributed by atoms with Gasteiger partial charge in [0, 0.05) is 38.3 Å². The minimum atomic E-state index is 0.557. The molecule has 124 valence electrons. The first-order valence-electron chi connectivity index (χ1n) is 8.71. The van der Waals surface area contributed by atoms with E-state index in [4.69, 9.17) is 0 Å². The van der Waals surface area contributed by atoms with Gasteiger partial charge >= 0.3 is 0 Å². The molecule has 1 N–H and O–H groups in total. The molecular weight excluding hydrogens is 290 g/mol. The van der Waals surface area contributed by atoms with Crippen molar-refractivity contribution >= 4 is 0 Å². The molecule has 1 saturated heterocycles. The first-order valence-corrected chi connectivity index (χ1v) is 8.71. The number of aryl methyl sites for hydroxylation is 1. The fraction of sp³-hybridized carbons (Fsp3) is 0.688. The average molecular weight is 315 g/mol. The maximum Gasteiger partial charge on any atom is 0.147 e. The number of hydrogen-bond donors (Lipinski definition) is 1. The Morgan fingerprint density at radius 1 is 1.22 bits per heavy atom. The van der Waals surface area contributed by atoms with Crippen molar-refractivity contribution in [2.45, 2.75) is 51.9 Å². The minimum Gasteiger partial charge on any atom is -0.312 e. The summed E-state index contributed by atoms with van der Waals surface area (Å²) in [6, 6.07) is 2.14. The van der Waals surface area contributed by atoms with Crippen molar-refractivity contribution < 1.29 is 0 Å². The van der Waals surface area contributed by atoms with Crippen molar-refractivity contribution in [3.63, 3.8) is 0 Å². The van der Waals surface area contributed by atoms with Gasteiger partial charge in [0.25, 0.3) is 0 Å². The molecule has 0 atom stereocenters. The molecule has 0 radical (unpaired) electrons. The van der Waals surface area contributed by atoms with Crippen LogP contribution in [0.3, 0.4) is 0 Å². The van der Waals surface area contributed by atoms with Crippen molar-refractivity contribution in [2.24, 2.45) is 0 Å². The Kier molecular flexibility index (Phi) is 4.13. The predicted molar refractivity (Wildman–Crippen MR) is 86.9 cm³/mol. The smallest absolute Gasteiger partial charge is 0.147 e. The number of likely N-dealkylation sites (tertiary alicyclic amines) is 1. The van der Waals surface area contributed by atoms with E-state index >= 15 is 0 Å². The summed E-state index contributed by atoms with van der Waals surface area (Å²) in [4.78, 5) is 2.54. The van der Waals surface area contributed by atoms with E-state index in [1.54, 1.807) is 0 Å². The van der Waals surface area contributed by atoms with Gasteiger partial charge < -0.3 is 9.88 Å². The van der Waals surface area contributed by atoms with Crippen LogP contribution in [-0.4, -0.2) is 49.1 Å². The second-order valence-electron chi connectivity index (χ2n) is 6.49. The maximum atomic E-state index is 4.49. The highest BCUT2D eigenvalue weighted by molar-refractivity contribution is 5.06. The molecular formula is C16H25N7. The molecule has 0 spiro atoms. The fourth-order valence-corrected chi connectivity index (χ4v) is 3.77. The lowest BCUT2D eigenvalue weighted by molar-refractivity contribution is 0.194. The number of nitrogens with zero attached hydrogens (tertiary/aromatic N) is 6. The number of nitrogens with one attached hydrogen (secondary N) is 1. The Morgan fingerprint density at radius 2 is 2.09 bits per heavy atom. The van der Waals surface area contributed by atoms with Crippen LogP contribution in [0.2, 0.25) is 0 Å². The van der Waals surface area contributed by atoms with Gasteiger partial charge in [-0.2, -0.15) is 5.10 Å². The number of hydrogen-bond acceptors (Lipinski definition) is 5. The van der Waals surface area contributed by atoms with E-state index in [2.05, 4.69) is 47.8 Å². The molecule has 23 heavy (non-hydrogen) atoms. The molecule has 2 aliphatic rings. The lowest BCUT2D eigenvalue weighted by Gasteiger charge is -2.32. The highest BCUT2D eigenvalue weighted by atomic mass is 15.3. The van der Waals surface area contributed by atoms with Crippen LogP contribution in [0.15, 0.2) is 12.3 Å². The summed E-state index contributed by atoms with van der Waals surface area (Å²) in [5.74, 6) is 2.86. The van der Waals surface area contributed by atoms with Crippen molar-refractivity contribution in [2.75, 3.05) is 19.6 Å². The van der Waals surface area contributed by atoms with Gasteiger partial charge in [-0.05, 0) is 38.9 Å². The molecule has 4 heterocycles. The van der Waals surface area contributed by atoms with Gasteiger partial charge in [-0.15, -0.1) is 10.2 Å². The number of aromatic nitrogens is 5. The monoisotopic (exact) mass is 315 g/mol. The van der Waals surface area contributed by atoms with E-state index in [9.17, 15) is 0 Å². The number of piperidine rings is 1. The quantitative estimate of drug-likeness (QED) is 0.911. The minimum absolute atomic E-state index is 0.557. The average Bonchev–Trinajstić information content (AvgIpc) is 3.22. The van der Waals surface area contributed by atoms with Gasteiger partial charge in [0.1, 0.15) is 11.6 Å². The van der Waals surface area contributed by atoms with Crippen LogP contribution in [0.4, 0.5) is 0 Å². The summed E-state index contributed by atoms with van der Waals surface area (Å²) in [5.41, 5.74) is 1.32. The van der Waals surface area contributed by atoms with Gasteiger partial charge in [0.2, 0.25) is 0 Å². The highest BCUT2D eigenvalue weighted by Crippen LogP contribution is 2.28. The van der Waals surface area contributed by atoms with Crippen molar-refractivity contribution in [1.29, 1.82) is 0 Å².